The van der Waals surface area contributed by atoms with Crippen LogP contribution in [0.25, 0.3) is 6.08 Å². The minimum Gasteiger partial charge on any atom is -0.320 e. The Hall–Kier alpha value is -1.81. The van der Waals surface area contributed by atoms with Crippen LogP contribution in [0.15, 0.2) is 30.8 Å². The van der Waals surface area contributed by atoms with Crippen LogP contribution in [0.2, 0.25) is 0 Å². The molecule has 2 heterocycles. The minimum absolute atomic E-state index is 0.0419. The van der Waals surface area contributed by atoms with Crippen molar-refractivity contribution in [3.05, 3.63) is 36.4 Å². The number of likely N-dealkylation sites (tertiary alicyclic amines) is 2. The number of nitrogens with zero attached hydrogens (tertiary/aromatic N) is 2. The van der Waals surface area contributed by atoms with Gasteiger partial charge in [-0.2, -0.15) is 0 Å². The van der Waals surface area contributed by atoms with E-state index in [1.807, 2.05) is 35.2 Å². The molecular formula is C19H27N3O. The molecular weight excluding hydrogens is 286 g/mol. The summed E-state index contributed by atoms with van der Waals surface area (Å²) >= 11 is 0. The van der Waals surface area contributed by atoms with Crippen molar-refractivity contribution in [2.75, 3.05) is 31.5 Å². The summed E-state index contributed by atoms with van der Waals surface area (Å²) in [7, 11) is 0. The van der Waals surface area contributed by atoms with Gasteiger partial charge in [0.1, 0.15) is 0 Å². The number of hydrogen-bond acceptors (Lipinski definition) is 2. The Labute approximate surface area is 139 Å². The van der Waals surface area contributed by atoms with Gasteiger partial charge < -0.3 is 15.1 Å². The second-order valence-electron chi connectivity index (χ2n) is 6.61. The topological polar surface area (TPSA) is 35.6 Å². The molecule has 124 valence electrons. The number of carbonyl (C=O) groups excluding carboxylic acids is 1. The van der Waals surface area contributed by atoms with E-state index in [-0.39, 0.29) is 6.03 Å². The summed E-state index contributed by atoms with van der Waals surface area (Å²) in [5.74, 6) is 0. The number of hydrogen-bond donors (Lipinski definition) is 1. The van der Waals surface area contributed by atoms with Crippen LogP contribution in [0.3, 0.4) is 0 Å². The molecule has 2 fully saturated rings. The highest BCUT2D eigenvalue weighted by Gasteiger charge is 2.29. The number of amides is 2. The van der Waals surface area contributed by atoms with Crippen molar-refractivity contribution in [1.82, 2.24) is 9.80 Å². The van der Waals surface area contributed by atoms with E-state index in [1.54, 1.807) is 0 Å². The summed E-state index contributed by atoms with van der Waals surface area (Å²) < 4.78 is 0. The second-order valence-corrected chi connectivity index (χ2v) is 6.61. The van der Waals surface area contributed by atoms with Crippen LogP contribution in [0.1, 0.15) is 37.7 Å². The number of anilines is 1. The van der Waals surface area contributed by atoms with Crippen molar-refractivity contribution < 1.29 is 4.79 Å². The molecule has 0 radical (unpaired) electrons. The van der Waals surface area contributed by atoms with Gasteiger partial charge in [0.2, 0.25) is 0 Å². The molecule has 0 aromatic heterocycles. The monoisotopic (exact) mass is 313 g/mol. The molecule has 2 saturated heterocycles. The van der Waals surface area contributed by atoms with Crippen LogP contribution in [0.5, 0.6) is 0 Å². The van der Waals surface area contributed by atoms with E-state index >= 15 is 0 Å². The summed E-state index contributed by atoms with van der Waals surface area (Å²) in [6.45, 7) is 8.03. The summed E-state index contributed by atoms with van der Waals surface area (Å²) in [6.07, 6.45) is 7.88. The van der Waals surface area contributed by atoms with E-state index in [1.165, 1.54) is 32.4 Å². The first-order chi connectivity index (χ1) is 11.3. The number of urea groups is 1. The minimum atomic E-state index is 0.0419. The average molecular weight is 313 g/mol. The Bertz CT molecular complexity index is 534. The van der Waals surface area contributed by atoms with Gasteiger partial charge in [-0.25, -0.2) is 4.79 Å². The molecule has 2 aliphatic rings. The zero-order valence-electron chi connectivity index (χ0n) is 13.8. The van der Waals surface area contributed by atoms with Crippen LogP contribution >= 0.6 is 0 Å². The lowest BCUT2D eigenvalue weighted by Crippen LogP contribution is -2.50. The summed E-state index contributed by atoms with van der Waals surface area (Å²) in [5.41, 5.74) is 1.92. The van der Waals surface area contributed by atoms with Crippen molar-refractivity contribution in [2.45, 2.75) is 38.1 Å². The maximum atomic E-state index is 12.7. The fraction of sp³-hybridized carbons (Fsp3) is 0.526. The van der Waals surface area contributed by atoms with Crippen molar-refractivity contribution >= 4 is 17.8 Å². The first-order valence-electron chi connectivity index (χ1n) is 8.79. The standard InChI is InChI=1S/C19H27N3O/c1-2-16-8-10-17(11-9-16)20-19(23)22-14-4-3-7-18(22)15-21-12-5-6-13-21/h2,8-11,18H,1,3-7,12-15H2,(H,20,23). The molecule has 1 unspecified atom stereocenters. The highest BCUT2D eigenvalue weighted by atomic mass is 16.2. The molecule has 0 aliphatic carbocycles. The van der Waals surface area contributed by atoms with Gasteiger partial charge in [0.25, 0.3) is 0 Å². The third-order valence-electron chi connectivity index (χ3n) is 4.95. The normalized spacial score (nSPS) is 22.1. The number of rotatable bonds is 4. The lowest BCUT2D eigenvalue weighted by atomic mass is 10.0. The average Bonchev–Trinajstić information content (AvgIpc) is 3.09. The second kappa shape index (κ2) is 7.64. The Morgan fingerprint density at radius 1 is 1.13 bits per heavy atom. The van der Waals surface area contributed by atoms with Gasteiger partial charge in [0.15, 0.2) is 0 Å². The Morgan fingerprint density at radius 2 is 1.83 bits per heavy atom. The van der Waals surface area contributed by atoms with E-state index in [2.05, 4.69) is 16.8 Å². The quantitative estimate of drug-likeness (QED) is 0.917. The fourth-order valence-electron chi connectivity index (χ4n) is 3.62. The molecule has 1 aromatic carbocycles. The highest BCUT2D eigenvalue weighted by molar-refractivity contribution is 5.89. The fourth-order valence-corrected chi connectivity index (χ4v) is 3.62. The van der Waals surface area contributed by atoms with Gasteiger partial charge >= 0.3 is 6.03 Å². The van der Waals surface area contributed by atoms with Crippen molar-refractivity contribution in [3.63, 3.8) is 0 Å². The zero-order valence-corrected chi connectivity index (χ0v) is 13.8. The number of nitrogens with one attached hydrogen (secondary N) is 1. The van der Waals surface area contributed by atoms with Crippen LogP contribution in [0.4, 0.5) is 10.5 Å². The molecule has 1 aromatic rings. The molecule has 0 spiro atoms. The summed E-state index contributed by atoms with van der Waals surface area (Å²) in [4.78, 5) is 17.2. The molecule has 0 saturated carbocycles. The van der Waals surface area contributed by atoms with Crippen molar-refractivity contribution in [2.24, 2.45) is 0 Å². The van der Waals surface area contributed by atoms with Gasteiger partial charge in [0, 0.05) is 24.8 Å². The molecule has 1 atom stereocenters. The molecule has 4 nitrogen and oxygen atoms in total. The van der Waals surface area contributed by atoms with Crippen LogP contribution in [-0.2, 0) is 0 Å². The molecule has 1 N–H and O–H groups in total. The molecule has 0 bridgehead atoms. The van der Waals surface area contributed by atoms with E-state index in [4.69, 9.17) is 0 Å². The van der Waals surface area contributed by atoms with Gasteiger partial charge in [0.05, 0.1) is 0 Å². The molecule has 2 amide bonds. The largest absolute Gasteiger partial charge is 0.322 e. The van der Waals surface area contributed by atoms with Gasteiger partial charge in [-0.15, -0.1) is 0 Å². The predicted octanol–water partition coefficient (Wildman–Crippen LogP) is 3.81. The molecule has 2 aliphatic heterocycles. The van der Waals surface area contributed by atoms with E-state index in [9.17, 15) is 4.79 Å². The zero-order chi connectivity index (χ0) is 16.1. The Balaban J connectivity index is 1.61. The first kappa shape index (κ1) is 16.1. The number of benzene rings is 1. The van der Waals surface area contributed by atoms with Crippen LogP contribution in [0, 0.1) is 0 Å². The Morgan fingerprint density at radius 3 is 2.52 bits per heavy atom. The van der Waals surface area contributed by atoms with E-state index < -0.39 is 0 Å². The maximum absolute atomic E-state index is 12.7. The third kappa shape index (κ3) is 4.14. The maximum Gasteiger partial charge on any atom is 0.322 e. The van der Waals surface area contributed by atoms with E-state index in [0.29, 0.717) is 6.04 Å². The SMILES string of the molecule is C=Cc1ccc(NC(=O)N2CCCCC2CN2CCCC2)cc1. The lowest BCUT2D eigenvalue weighted by Gasteiger charge is -2.37. The van der Waals surface area contributed by atoms with Gasteiger partial charge in [-0.3, -0.25) is 0 Å². The number of piperidine rings is 1. The predicted molar refractivity (Wildman–Crippen MR) is 95.6 cm³/mol. The smallest absolute Gasteiger partial charge is 0.320 e. The van der Waals surface area contributed by atoms with Crippen molar-refractivity contribution in [3.8, 4) is 0 Å². The highest BCUT2D eigenvalue weighted by Crippen LogP contribution is 2.21. The molecule has 3 rings (SSSR count). The van der Waals surface area contributed by atoms with E-state index in [0.717, 1.165) is 37.2 Å². The van der Waals surface area contributed by atoms with Crippen molar-refractivity contribution in [1.29, 1.82) is 0 Å². The lowest BCUT2D eigenvalue weighted by molar-refractivity contribution is 0.136. The van der Waals surface area contributed by atoms with Gasteiger partial charge in [-0.05, 0) is 62.9 Å². The summed E-state index contributed by atoms with van der Waals surface area (Å²) in [5, 5.41) is 3.05. The third-order valence-corrected chi connectivity index (χ3v) is 4.95. The van der Waals surface area contributed by atoms with Crippen LogP contribution < -0.4 is 5.32 Å². The number of carbonyl (C=O) groups is 1. The summed E-state index contributed by atoms with van der Waals surface area (Å²) in [6, 6.07) is 8.22. The molecule has 23 heavy (non-hydrogen) atoms. The first-order valence-corrected chi connectivity index (χ1v) is 8.79. The van der Waals surface area contributed by atoms with Gasteiger partial charge in [-0.1, -0.05) is 24.8 Å². The molecule has 4 heteroatoms. The van der Waals surface area contributed by atoms with Crippen LogP contribution in [-0.4, -0.2) is 48.1 Å². The Kier molecular flexibility index (Phi) is 5.34.